The number of para-hydroxylation sites is 1. The summed E-state index contributed by atoms with van der Waals surface area (Å²) in [5, 5.41) is 1.93. The van der Waals surface area contributed by atoms with E-state index in [4.69, 9.17) is 16.6 Å². The molecule has 1 nitrogen and oxygen atoms in total. The van der Waals surface area contributed by atoms with Gasteiger partial charge in [0.1, 0.15) is 17.3 Å². The van der Waals surface area contributed by atoms with E-state index in [1.807, 2.05) is 24.3 Å². The van der Waals surface area contributed by atoms with Crippen LogP contribution in [0.2, 0.25) is 0 Å². The molecule has 0 unspecified atom stereocenters. The van der Waals surface area contributed by atoms with Crippen LogP contribution in [0, 0.1) is 18.4 Å². The fourth-order valence-corrected chi connectivity index (χ4v) is 8.91. The number of rotatable bonds is 6. The molecule has 0 spiro atoms. The molecule has 9 rings (SSSR count). The van der Waals surface area contributed by atoms with E-state index in [1.165, 1.54) is 33.0 Å². The summed E-state index contributed by atoms with van der Waals surface area (Å²) in [5.41, 5.74) is 13.8. The van der Waals surface area contributed by atoms with Gasteiger partial charge in [-0.3, -0.25) is 0 Å². The van der Waals surface area contributed by atoms with Crippen LogP contribution in [-0.2, 0) is 12.6 Å². The molecule has 0 aliphatic heterocycles. The van der Waals surface area contributed by atoms with Crippen molar-refractivity contribution in [2.45, 2.75) is 18.7 Å². The van der Waals surface area contributed by atoms with Crippen LogP contribution >= 0.6 is 12.2 Å². The topological polar surface area (TPSA) is 13.1 Å². The lowest BCUT2D eigenvalue weighted by atomic mass is 9.13. The Morgan fingerprint density at radius 3 is 1.31 bits per heavy atom. The van der Waals surface area contributed by atoms with Crippen LogP contribution in [0.5, 0.6) is 0 Å². The molecule has 1 aromatic heterocycles. The van der Waals surface area contributed by atoms with Crippen molar-refractivity contribution in [2.24, 2.45) is 0 Å². The van der Waals surface area contributed by atoms with E-state index in [0.717, 1.165) is 53.6 Å². The molecular weight excluding hydrogens is 704 g/mol. The van der Waals surface area contributed by atoms with Gasteiger partial charge in [-0.15, -0.1) is 0 Å². The van der Waals surface area contributed by atoms with Gasteiger partial charge < -0.3 is 4.42 Å². The molecule has 4 heteroatoms. The Kier molecular flexibility index (Phi) is 10.4. The molecule has 0 bridgehead atoms. The molecular formula is C51H41BOS2. The van der Waals surface area contributed by atoms with Gasteiger partial charge in [0.2, 0.25) is 0 Å². The van der Waals surface area contributed by atoms with Crippen molar-refractivity contribution in [3.63, 3.8) is 0 Å². The van der Waals surface area contributed by atoms with E-state index in [2.05, 4.69) is 202 Å². The van der Waals surface area contributed by atoms with Gasteiger partial charge >= 0.3 is 0 Å². The number of hydrogen-bond donors (Lipinski definition) is 0. The van der Waals surface area contributed by atoms with Crippen LogP contribution in [-0.4, -0.2) is 6.15 Å². The standard InChI is InChI=1S/C27H20OS2.C24H20B/c1-16-7-11-18(12-8-16)21-15-23-25(26(29)20-5-3-4-6-22(20)28-23)24(27(21)30)19-13-9-17(2)10-14-19;1-5-13-21(14-6-1)25(22-15-7-2-8-16-22,23-17-9-3-10-18-23)24-19-11-4-12-20-24/h3-15,30H,1-2H3;1-20H/q;-1/p+1. The first-order valence-electron chi connectivity index (χ1n) is 18.7. The summed E-state index contributed by atoms with van der Waals surface area (Å²) in [7, 11) is 0. The van der Waals surface area contributed by atoms with Gasteiger partial charge in [-0.05, 0) is 55.8 Å². The Labute approximate surface area is 334 Å². The minimum Gasteiger partial charge on any atom is -0.456 e. The highest BCUT2D eigenvalue weighted by molar-refractivity contribution is 7.72. The lowest BCUT2D eigenvalue weighted by molar-refractivity contribution is 0.660. The van der Waals surface area contributed by atoms with Gasteiger partial charge in [-0.2, -0.15) is 21.9 Å². The molecule has 0 saturated carbocycles. The van der Waals surface area contributed by atoms with Crippen molar-refractivity contribution in [2.75, 3.05) is 0 Å². The van der Waals surface area contributed by atoms with Crippen LogP contribution in [0.4, 0.5) is 0 Å². The van der Waals surface area contributed by atoms with Crippen LogP contribution in [0.3, 0.4) is 0 Å². The molecule has 266 valence electrons. The highest BCUT2D eigenvalue weighted by Crippen LogP contribution is 2.41. The average Bonchev–Trinajstić information content (AvgIpc) is 3.24. The summed E-state index contributed by atoms with van der Waals surface area (Å²) in [6, 6.07) is 70.7. The average molecular weight is 745 g/mol. The SMILES string of the molecule is Cc1ccc(-c2cc3oc4ccccc4c(=S)c3c(-c3ccc(C)cc3)c2[SH2+])cc1.c1ccc([B-](c2ccccc2)(c2ccccc2)c2ccccc2)cc1. The van der Waals surface area contributed by atoms with Crippen molar-refractivity contribution < 1.29 is 4.42 Å². The fourth-order valence-electron chi connectivity index (χ4n) is 8.05. The lowest BCUT2D eigenvalue weighted by Crippen LogP contribution is -2.74. The molecule has 0 aliphatic carbocycles. The quantitative estimate of drug-likeness (QED) is 0.0728. The number of hydrogen-bond acceptors (Lipinski definition) is 2. The van der Waals surface area contributed by atoms with Gasteiger partial charge in [0, 0.05) is 21.9 Å². The Bertz CT molecular complexity index is 2600. The molecule has 0 amide bonds. The second kappa shape index (κ2) is 15.8. The van der Waals surface area contributed by atoms with Gasteiger partial charge in [-0.25, -0.2) is 0 Å². The van der Waals surface area contributed by atoms with E-state index in [-0.39, 0.29) is 0 Å². The highest BCUT2D eigenvalue weighted by Gasteiger charge is 2.31. The van der Waals surface area contributed by atoms with Crippen molar-refractivity contribution in [1.82, 2.24) is 0 Å². The van der Waals surface area contributed by atoms with Crippen molar-refractivity contribution in [3.05, 3.63) is 216 Å². The van der Waals surface area contributed by atoms with Gasteiger partial charge in [0.25, 0.3) is 0 Å². The summed E-state index contributed by atoms with van der Waals surface area (Å²) in [6.07, 6.45) is -1.22. The van der Waals surface area contributed by atoms with Crippen LogP contribution in [0.25, 0.3) is 44.2 Å². The normalized spacial score (nSPS) is 11.3. The number of aryl methyl sites for hydroxylation is 2. The van der Waals surface area contributed by atoms with E-state index >= 15 is 0 Å². The molecule has 55 heavy (non-hydrogen) atoms. The third-order valence-corrected chi connectivity index (χ3v) is 11.7. The van der Waals surface area contributed by atoms with Crippen molar-refractivity contribution in [1.29, 1.82) is 0 Å². The Morgan fingerprint density at radius 1 is 0.455 bits per heavy atom. The largest absolute Gasteiger partial charge is 0.456 e. The van der Waals surface area contributed by atoms with Gasteiger partial charge in [0.15, 0.2) is 4.90 Å². The summed E-state index contributed by atoms with van der Waals surface area (Å²) < 4.78 is 7.18. The molecule has 0 N–H and O–H groups in total. The second-order valence-corrected chi connectivity index (χ2v) is 15.1. The predicted octanol–water partition coefficient (Wildman–Crippen LogP) is 10.7. The monoisotopic (exact) mass is 744 g/mol. The van der Waals surface area contributed by atoms with Crippen molar-refractivity contribution in [3.8, 4) is 22.3 Å². The Hall–Kier alpha value is -5.94. The lowest BCUT2D eigenvalue weighted by Gasteiger charge is -2.44. The Balaban J connectivity index is 0.000000158. The molecule has 0 atom stereocenters. The first kappa shape index (κ1) is 36.1. The minimum atomic E-state index is -1.22. The minimum absolute atomic E-state index is 0.798. The highest BCUT2D eigenvalue weighted by atomic mass is 32.1. The smallest absolute Gasteiger partial charge is 0.166 e. The maximum atomic E-state index is 6.37. The third kappa shape index (κ3) is 6.96. The number of fused-ring (bicyclic) bond motifs is 2. The summed E-state index contributed by atoms with van der Waals surface area (Å²) in [6.45, 7) is 4.20. The summed E-state index contributed by atoms with van der Waals surface area (Å²) in [4.78, 5) is 1.02. The Morgan fingerprint density at radius 2 is 0.855 bits per heavy atom. The van der Waals surface area contributed by atoms with Crippen molar-refractivity contribution >= 4 is 74.8 Å². The third-order valence-electron chi connectivity index (χ3n) is 10.8. The molecule has 9 aromatic rings. The first-order chi connectivity index (χ1) is 26.9. The maximum Gasteiger partial charge on any atom is 0.166 e. The van der Waals surface area contributed by atoms with Gasteiger partial charge in [0.05, 0.1) is 4.51 Å². The van der Waals surface area contributed by atoms with E-state index in [0.29, 0.717) is 0 Å². The zero-order valence-electron chi connectivity index (χ0n) is 30.9. The summed E-state index contributed by atoms with van der Waals surface area (Å²) >= 11 is 9.95. The van der Waals surface area contributed by atoms with Crippen LogP contribution in [0.15, 0.2) is 210 Å². The van der Waals surface area contributed by atoms with Gasteiger partial charge in [-0.1, -0.05) is 205 Å². The van der Waals surface area contributed by atoms with Crippen LogP contribution < -0.4 is 21.9 Å². The fraction of sp³-hybridized carbons (Fsp3) is 0.0392. The molecule has 0 aliphatic rings. The summed E-state index contributed by atoms with van der Waals surface area (Å²) in [5.74, 6) is 0. The van der Waals surface area contributed by atoms with E-state index in [9.17, 15) is 0 Å². The maximum absolute atomic E-state index is 6.37. The van der Waals surface area contributed by atoms with E-state index in [1.54, 1.807) is 0 Å². The molecule has 0 radical (unpaired) electrons. The molecule has 0 saturated heterocycles. The molecule has 8 aromatic carbocycles. The molecule has 0 fully saturated rings. The molecule has 1 heterocycles. The zero-order valence-corrected chi connectivity index (χ0v) is 32.8. The van der Waals surface area contributed by atoms with Crippen LogP contribution in [0.1, 0.15) is 11.1 Å². The first-order valence-corrected chi connectivity index (χ1v) is 19.6. The van der Waals surface area contributed by atoms with E-state index < -0.39 is 6.15 Å². The number of benzene rings is 8. The zero-order chi connectivity index (χ0) is 37.8. The predicted molar refractivity (Wildman–Crippen MR) is 243 cm³/mol. The second-order valence-electron chi connectivity index (χ2n) is 14.2.